The van der Waals surface area contributed by atoms with Crippen molar-refractivity contribution in [3.05, 3.63) is 71.8 Å². The van der Waals surface area contributed by atoms with Gasteiger partial charge in [-0.05, 0) is 36.8 Å². The summed E-state index contributed by atoms with van der Waals surface area (Å²) in [5.74, 6) is 0.594. The molecule has 3 rings (SSSR count). The van der Waals surface area contributed by atoms with E-state index in [0.717, 1.165) is 19.4 Å². The van der Waals surface area contributed by atoms with Gasteiger partial charge in [-0.15, -0.1) is 0 Å². The highest BCUT2D eigenvalue weighted by Gasteiger charge is 2.34. The van der Waals surface area contributed by atoms with Crippen molar-refractivity contribution in [3.63, 3.8) is 0 Å². The van der Waals surface area contributed by atoms with E-state index in [-0.39, 0.29) is 6.61 Å². The third kappa shape index (κ3) is 3.23. The molecule has 3 atom stereocenters. The summed E-state index contributed by atoms with van der Waals surface area (Å²) in [5, 5.41) is 9.44. The van der Waals surface area contributed by atoms with E-state index in [0.29, 0.717) is 18.0 Å². The monoisotopic (exact) mass is 295 g/mol. The number of hydrogen-bond donors (Lipinski definition) is 1. The summed E-state index contributed by atoms with van der Waals surface area (Å²) in [6.07, 6.45) is 2.28. The van der Waals surface area contributed by atoms with Crippen LogP contribution in [0.25, 0.3) is 0 Å². The van der Waals surface area contributed by atoms with Crippen LogP contribution in [0.1, 0.15) is 42.9 Å². The molecule has 22 heavy (non-hydrogen) atoms. The SMILES string of the molecule is CC1CC(c2ccccc2)CC(c2ccccc2)N1CCO. The van der Waals surface area contributed by atoms with Crippen LogP contribution >= 0.6 is 0 Å². The third-order valence-corrected chi connectivity index (χ3v) is 4.91. The van der Waals surface area contributed by atoms with Crippen molar-refractivity contribution in [3.8, 4) is 0 Å². The Hall–Kier alpha value is -1.64. The Morgan fingerprint density at radius 1 is 0.909 bits per heavy atom. The van der Waals surface area contributed by atoms with Crippen LogP contribution in [0.3, 0.4) is 0 Å². The number of aliphatic hydroxyl groups excluding tert-OH is 1. The van der Waals surface area contributed by atoms with Crippen molar-refractivity contribution in [2.24, 2.45) is 0 Å². The molecule has 0 spiro atoms. The molecule has 2 heteroatoms. The molecule has 1 heterocycles. The fourth-order valence-corrected chi connectivity index (χ4v) is 3.85. The minimum Gasteiger partial charge on any atom is -0.395 e. The van der Waals surface area contributed by atoms with Crippen LogP contribution in [0.2, 0.25) is 0 Å². The van der Waals surface area contributed by atoms with Gasteiger partial charge < -0.3 is 5.11 Å². The normalized spacial score (nSPS) is 26.0. The Bertz CT molecular complexity index is 569. The van der Waals surface area contributed by atoms with Gasteiger partial charge >= 0.3 is 0 Å². The number of rotatable bonds is 4. The van der Waals surface area contributed by atoms with E-state index in [2.05, 4.69) is 72.5 Å². The summed E-state index contributed by atoms with van der Waals surface area (Å²) < 4.78 is 0. The molecule has 0 amide bonds. The second-order valence-corrected chi connectivity index (χ2v) is 6.32. The first kappa shape index (κ1) is 15.3. The first-order valence-electron chi connectivity index (χ1n) is 8.26. The standard InChI is InChI=1S/C20H25NO/c1-16-14-19(17-8-4-2-5-9-17)15-20(21(16)12-13-22)18-10-6-3-7-11-18/h2-11,16,19-20,22H,12-15H2,1H3. The highest BCUT2D eigenvalue weighted by molar-refractivity contribution is 5.25. The molecule has 0 bridgehead atoms. The van der Waals surface area contributed by atoms with Crippen molar-refractivity contribution < 1.29 is 5.11 Å². The number of hydrogen-bond acceptors (Lipinski definition) is 2. The van der Waals surface area contributed by atoms with Gasteiger partial charge in [0.15, 0.2) is 0 Å². The van der Waals surface area contributed by atoms with Gasteiger partial charge in [0.05, 0.1) is 6.61 Å². The average Bonchev–Trinajstić information content (AvgIpc) is 2.58. The number of benzene rings is 2. The number of nitrogens with zero attached hydrogens (tertiary/aromatic N) is 1. The quantitative estimate of drug-likeness (QED) is 0.922. The maximum Gasteiger partial charge on any atom is 0.0558 e. The Kier molecular flexibility index (Phi) is 4.91. The first-order chi connectivity index (χ1) is 10.8. The van der Waals surface area contributed by atoms with Crippen molar-refractivity contribution in [2.75, 3.05) is 13.2 Å². The number of aliphatic hydroxyl groups is 1. The largest absolute Gasteiger partial charge is 0.395 e. The van der Waals surface area contributed by atoms with Gasteiger partial charge in [0, 0.05) is 18.6 Å². The summed E-state index contributed by atoms with van der Waals surface area (Å²) in [5.41, 5.74) is 2.81. The van der Waals surface area contributed by atoms with E-state index >= 15 is 0 Å². The second kappa shape index (κ2) is 7.08. The van der Waals surface area contributed by atoms with Crippen LogP contribution in [-0.4, -0.2) is 29.2 Å². The summed E-state index contributed by atoms with van der Waals surface area (Å²) >= 11 is 0. The van der Waals surface area contributed by atoms with Crippen LogP contribution in [0.4, 0.5) is 0 Å². The summed E-state index contributed by atoms with van der Waals surface area (Å²) in [7, 11) is 0. The lowest BCUT2D eigenvalue weighted by Gasteiger charge is -2.44. The van der Waals surface area contributed by atoms with Gasteiger partial charge in [0.2, 0.25) is 0 Å². The summed E-state index contributed by atoms with van der Waals surface area (Å²) in [6.45, 7) is 3.27. The lowest BCUT2D eigenvalue weighted by molar-refractivity contribution is 0.0608. The molecule has 2 aromatic carbocycles. The summed E-state index contributed by atoms with van der Waals surface area (Å²) in [6, 6.07) is 22.5. The molecule has 116 valence electrons. The van der Waals surface area contributed by atoms with Gasteiger partial charge in [-0.1, -0.05) is 60.7 Å². The molecule has 1 fully saturated rings. The van der Waals surface area contributed by atoms with Crippen LogP contribution < -0.4 is 0 Å². The first-order valence-corrected chi connectivity index (χ1v) is 8.26. The highest BCUT2D eigenvalue weighted by Crippen LogP contribution is 2.41. The lowest BCUT2D eigenvalue weighted by atomic mass is 9.80. The fraction of sp³-hybridized carbons (Fsp3) is 0.400. The zero-order valence-electron chi connectivity index (χ0n) is 13.2. The molecule has 2 nitrogen and oxygen atoms in total. The molecule has 3 unspecified atom stereocenters. The van der Waals surface area contributed by atoms with Crippen LogP contribution in [0.5, 0.6) is 0 Å². The lowest BCUT2D eigenvalue weighted by Crippen LogP contribution is -2.43. The third-order valence-electron chi connectivity index (χ3n) is 4.91. The van der Waals surface area contributed by atoms with Gasteiger partial charge in [-0.3, -0.25) is 4.90 Å². The Morgan fingerprint density at radius 3 is 2.09 bits per heavy atom. The van der Waals surface area contributed by atoms with E-state index in [9.17, 15) is 5.11 Å². The molecule has 1 saturated heterocycles. The number of β-amino-alcohol motifs (C(OH)–C–C–N with tert-alkyl or cyclic N) is 1. The predicted molar refractivity (Wildman–Crippen MR) is 90.9 cm³/mol. The van der Waals surface area contributed by atoms with E-state index in [1.807, 2.05) is 0 Å². The minimum atomic E-state index is 0.226. The average molecular weight is 295 g/mol. The van der Waals surface area contributed by atoms with Crippen molar-refractivity contribution in [1.82, 2.24) is 4.90 Å². The molecule has 1 aliphatic heterocycles. The molecule has 0 aromatic heterocycles. The molecular formula is C20H25NO. The van der Waals surface area contributed by atoms with E-state index in [4.69, 9.17) is 0 Å². The van der Waals surface area contributed by atoms with Gasteiger partial charge in [-0.2, -0.15) is 0 Å². The molecule has 1 aliphatic rings. The predicted octanol–water partition coefficient (Wildman–Crippen LogP) is 3.99. The number of piperidine rings is 1. The van der Waals surface area contributed by atoms with E-state index in [1.54, 1.807) is 0 Å². The van der Waals surface area contributed by atoms with Crippen molar-refractivity contribution in [2.45, 2.75) is 37.8 Å². The zero-order valence-corrected chi connectivity index (χ0v) is 13.2. The highest BCUT2D eigenvalue weighted by atomic mass is 16.3. The Morgan fingerprint density at radius 2 is 1.50 bits per heavy atom. The number of likely N-dealkylation sites (tertiary alicyclic amines) is 1. The topological polar surface area (TPSA) is 23.5 Å². The molecule has 0 saturated carbocycles. The fourth-order valence-electron chi connectivity index (χ4n) is 3.85. The van der Waals surface area contributed by atoms with Crippen LogP contribution in [0.15, 0.2) is 60.7 Å². The molecule has 0 aliphatic carbocycles. The van der Waals surface area contributed by atoms with E-state index in [1.165, 1.54) is 11.1 Å². The van der Waals surface area contributed by atoms with Crippen LogP contribution in [-0.2, 0) is 0 Å². The van der Waals surface area contributed by atoms with Crippen LogP contribution in [0, 0.1) is 0 Å². The zero-order chi connectivity index (χ0) is 15.4. The molecule has 2 aromatic rings. The second-order valence-electron chi connectivity index (χ2n) is 6.32. The Balaban J connectivity index is 1.88. The molecular weight excluding hydrogens is 270 g/mol. The molecule has 1 N–H and O–H groups in total. The van der Waals surface area contributed by atoms with Gasteiger partial charge in [-0.25, -0.2) is 0 Å². The Labute approximate surface area is 133 Å². The van der Waals surface area contributed by atoms with Crippen molar-refractivity contribution in [1.29, 1.82) is 0 Å². The summed E-state index contributed by atoms with van der Waals surface area (Å²) in [4.78, 5) is 2.47. The maximum atomic E-state index is 9.44. The smallest absolute Gasteiger partial charge is 0.0558 e. The maximum absolute atomic E-state index is 9.44. The minimum absolute atomic E-state index is 0.226. The van der Waals surface area contributed by atoms with Crippen molar-refractivity contribution >= 4 is 0 Å². The van der Waals surface area contributed by atoms with Gasteiger partial charge in [0.1, 0.15) is 0 Å². The van der Waals surface area contributed by atoms with Gasteiger partial charge in [0.25, 0.3) is 0 Å². The van der Waals surface area contributed by atoms with E-state index < -0.39 is 0 Å². The molecule has 0 radical (unpaired) electrons.